The lowest BCUT2D eigenvalue weighted by Crippen LogP contribution is -2.37. The highest BCUT2D eigenvalue weighted by Crippen LogP contribution is 2.23. The van der Waals surface area contributed by atoms with E-state index in [1.54, 1.807) is 0 Å². The summed E-state index contributed by atoms with van der Waals surface area (Å²) >= 11 is 0. The maximum absolute atomic E-state index is 9.70. The van der Waals surface area contributed by atoms with Crippen molar-refractivity contribution in [3.63, 3.8) is 0 Å². The van der Waals surface area contributed by atoms with E-state index in [0.29, 0.717) is 6.54 Å². The molecule has 1 N–H and O–H groups in total. The number of aliphatic imine (C=N–C) groups is 1. The molecule has 1 aliphatic heterocycles. The first-order chi connectivity index (χ1) is 13.4. The standard InChI is InChI=1S/C25H48N2O/c1-5-6-7-8-9-10-11-12-13-14-15-16-17-18-19-20-24-26-25(3,4)22-27(24)21-23(2)28/h12-13,23,28H,5-11,14-22H2,1-4H3/b13-12+/t23-/m0/s1. The normalized spacial score (nSPS) is 17.5. The molecule has 0 unspecified atom stereocenters. The lowest BCUT2D eigenvalue weighted by atomic mass is 10.1. The highest BCUT2D eigenvalue weighted by molar-refractivity contribution is 5.84. The molecule has 0 bridgehead atoms. The molecular weight excluding hydrogens is 344 g/mol. The number of hydrogen-bond donors (Lipinski definition) is 1. The number of hydrogen-bond acceptors (Lipinski definition) is 3. The molecule has 0 fully saturated rings. The molecule has 1 heterocycles. The highest BCUT2D eigenvalue weighted by atomic mass is 16.3. The minimum atomic E-state index is -0.284. The zero-order valence-electron chi connectivity index (χ0n) is 19.4. The van der Waals surface area contributed by atoms with E-state index in [9.17, 15) is 5.11 Å². The van der Waals surface area contributed by atoms with Crippen LogP contribution in [-0.2, 0) is 0 Å². The van der Waals surface area contributed by atoms with Crippen molar-refractivity contribution in [2.45, 2.75) is 129 Å². The number of aliphatic hydroxyl groups is 1. The molecule has 3 heteroatoms. The van der Waals surface area contributed by atoms with Gasteiger partial charge in [-0.05, 0) is 52.9 Å². The molecule has 1 aliphatic rings. The van der Waals surface area contributed by atoms with Crippen LogP contribution in [0.15, 0.2) is 17.1 Å². The van der Waals surface area contributed by atoms with Crippen LogP contribution < -0.4 is 0 Å². The molecule has 0 spiro atoms. The molecule has 0 radical (unpaired) electrons. The molecule has 3 nitrogen and oxygen atoms in total. The van der Waals surface area contributed by atoms with Crippen LogP contribution in [-0.4, -0.2) is 40.6 Å². The van der Waals surface area contributed by atoms with Gasteiger partial charge in [0.25, 0.3) is 0 Å². The van der Waals surface area contributed by atoms with Crippen molar-refractivity contribution in [2.24, 2.45) is 4.99 Å². The van der Waals surface area contributed by atoms with E-state index >= 15 is 0 Å². The Morgan fingerprint density at radius 1 is 0.929 bits per heavy atom. The smallest absolute Gasteiger partial charge is 0.0998 e. The summed E-state index contributed by atoms with van der Waals surface area (Å²) in [6.07, 6.45) is 23.0. The van der Waals surface area contributed by atoms with Crippen LogP contribution in [0, 0.1) is 0 Å². The predicted molar refractivity (Wildman–Crippen MR) is 124 cm³/mol. The second-order valence-electron chi connectivity index (χ2n) is 9.40. The fraction of sp³-hybridized carbons (Fsp3) is 0.880. The Bertz CT molecular complexity index is 440. The average molecular weight is 393 g/mol. The van der Waals surface area contributed by atoms with Gasteiger partial charge in [0.15, 0.2) is 0 Å². The van der Waals surface area contributed by atoms with Crippen LogP contribution in [0.5, 0.6) is 0 Å². The van der Waals surface area contributed by atoms with E-state index in [1.807, 2.05) is 6.92 Å². The second-order valence-corrected chi connectivity index (χ2v) is 9.40. The summed E-state index contributed by atoms with van der Waals surface area (Å²) in [4.78, 5) is 7.17. The van der Waals surface area contributed by atoms with E-state index < -0.39 is 0 Å². The Morgan fingerprint density at radius 2 is 1.46 bits per heavy atom. The molecule has 0 amide bonds. The molecule has 0 aromatic heterocycles. The first-order valence-corrected chi connectivity index (χ1v) is 12.1. The van der Waals surface area contributed by atoms with Gasteiger partial charge in [-0.3, -0.25) is 4.99 Å². The number of β-amino-alcohol motifs (C(OH)–C–C–N with tert-alkyl or cyclic N) is 1. The summed E-state index contributed by atoms with van der Waals surface area (Å²) < 4.78 is 0. The quantitative estimate of drug-likeness (QED) is 0.216. The summed E-state index contributed by atoms with van der Waals surface area (Å²) in [5.41, 5.74) is 0.00602. The maximum atomic E-state index is 9.70. The lowest BCUT2D eigenvalue weighted by Gasteiger charge is -2.24. The number of aliphatic hydroxyl groups excluding tert-OH is 1. The zero-order valence-corrected chi connectivity index (χ0v) is 19.4. The summed E-state index contributed by atoms with van der Waals surface area (Å²) in [6, 6.07) is 0. The summed E-state index contributed by atoms with van der Waals surface area (Å²) in [7, 11) is 0. The van der Waals surface area contributed by atoms with Crippen molar-refractivity contribution < 1.29 is 5.11 Å². The third-order valence-electron chi connectivity index (χ3n) is 5.52. The summed E-state index contributed by atoms with van der Waals surface area (Å²) in [5, 5.41) is 9.70. The van der Waals surface area contributed by atoms with Crippen molar-refractivity contribution in [2.75, 3.05) is 13.1 Å². The minimum absolute atomic E-state index is 0.00602. The largest absolute Gasteiger partial charge is 0.392 e. The summed E-state index contributed by atoms with van der Waals surface area (Å²) in [5.74, 6) is 1.21. The SMILES string of the molecule is CCCCCCCC/C=C/CCCCCCCC1=NC(C)(C)CN1C[C@H](C)O. The number of nitrogens with zero attached hydrogens (tertiary/aromatic N) is 2. The molecule has 0 aliphatic carbocycles. The third kappa shape index (κ3) is 12.6. The van der Waals surface area contributed by atoms with Gasteiger partial charge < -0.3 is 10.0 Å². The monoisotopic (exact) mass is 392 g/mol. The number of rotatable bonds is 17. The molecule has 164 valence electrons. The first-order valence-electron chi connectivity index (χ1n) is 12.1. The fourth-order valence-electron chi connectivity index (χ4n) is 4.07. The van der Waals surface area contributed by atoms with Crippen molar-refractivity contribution in [3.05, 3.63) is 12.2 Å². The lowest BCUT2D eigenvalue weighted by molar-refractivity contribution is 0.157. The molecule has 1 rings (SSSR count). The number of amidine groups is 1. The Balaban J connectivity index is 1.98. The molecule has 0 saturated carbocycles. The van der Waals surface area contributed by atoms with Crippen LogP contribution in [0.2, 0.25) is 0 Å². The van der Waals surface area contributed by atoms with Crippen molar-refractivity contribution in [1.29, 1.82) is 0 Å². The van der Waals surface area contributed by atoms with Gasteiger partial charge >= 0.3 is 0 Å². The highest BCUT2D eigenvalue weighted by Gasteiger charge is 2.30. The van der Waals surface area contributed by atoms with E-state index in [1.165, 1.54) is 89.3 Å². The van der Waals surface area contributed by atoms with Gasteiger partial charge in [0.05, 0.1) is 17.5 Å². The van der Waals surface area contributed by atoms with E-state index in [0.717, 1.165) is 13.0 Å². The zero-order chi connectivity index (χ0) is 20.7. The van der Waals surface area contributed by atoms with Crippen LogP contribution >= 0.6 is 0 Å². The van der Waals surface area contributed by atoms with Crippen molar-refractivity contribution >= 4 is 5.84 Å². The van der Waals surface area contributed by atoms with Crippen LogP contribution in [0.25, 0.3) is 0 Å². The number of allylic oxidation sites excluding steroid dienone is 2. The average Bonchev–Trinajstić information content (AvgIpc) is 2.91. The molecule has 0 saturated heterocycles. The van der Waals surface area contributed by atoms with Gasteiger partial charge in [-0.2, -0.15) is 0 Å². The summed E-state index contributed by atoms with van der Waals surface area (Å²) in [6.45, 7) is 10.2. The Hall–Kier alpha value is -0.830. The second kappa shape index (κ2) is 15.1. The predicted octanol–water partition coefficient (Wildman–Crippen LogP) is 6.90. The molecule has 0 aromatic carbocycles. The van der Waals surface area contributed by atoms with Gasteiger partial charge in [0, 0.05) is 19.5 Å². The van der Waals surface area contributed by atoms with E-state index in [2.05, 4.69) is 37.8 Å². The van der Waals surface area contributed by atoms with Gasteiger partial charge in [-0.25, -0.2) is 0 Å². The van der Waals surface area contributed by atoms with Crippen LogP contribution in [0.4, 0.5) is 0 Å². The Labute approximate surface area is 175 Å². The topological polar surface area (TPSA) is 35.8 Å². The Morgan fingerprint density at radius 3 is 2.04 bits per heavy atom. The fourth-order valence-corrected chi connectivity index (χ4v) is 4.07. The maximum Gasteiger partial charge on any atom is 0.0998 e. The van der Waals surface area contributed by atoms with Crippen LogP contribution in [0.3, 0.4) is 0 Å². The number of unbranched alkanes of at least 4 members (excludes halogenated alkanes) is 11. The van der Waals surface area contributed by atoms with Gasteiger partial charge in [0.1, 0.15) is 0 Å². The third-order valence-corrected chi connectivity index (χ3v) is 5.52. The van der Waals surface area contributed by atoms with Gasteiger partial charge in [-0.1, -0.05) is 70.4 Å². The first kappa shape index (κ1) is 25.2. The van der Waals surface area contributed by atoms with Crippen LogP contribution in [0.1, 0.15) is 118 Å². The van der Waals surface area contributed by atoms with Crippen molar-refractivity contribution in [1.82, 2.24) is 4.90 Å². The molecule has 1 atom stereocenters. The van der Waals surface area contributed by atoms with Crippen molar-refractivity contribution in [3.8, 4) is 0 Å². The van der Waals surface area contributed by atoms with Gasteiger partial charge in [-0.15, -0.1) is 0 Å². The molecule has 28 heavy (non-hydrogen) atoms. The Kier molecular flexibility index (Phi) is 13.6. The van der Waals surface area contributed by atoms with Gasteiger partial charge in [0.2, 0.25) is 0 Å². The molecule has 0 aromatic rings. The van der Waals surface area contributed by atoms with E-state index in [-0.39, 0.29) is 11.6 Å². The minimum Gasteiger partial charge on any atom is -0.392 e. The molecular formula is C25H48N2O. The van der Waals surface area contributed by atoms with E-state index in [4.69, 9.17) is 4.99 Å².